The Labute approximate surface area is 481 Å². The van der Waals surface area contributed by atoms with Crippen molar-refractivity contribution in [2.45, 2.75) is 405 Å². The van der Waals surface area contributed by atoms with E-state index < -0.39 is 12.1 Å². The lowest BCUT2D eigenvalue weighted by atomic mass is 10.0. The fraction of sp³-hybridized carbons (Fsp3) is 0.915. The van der Waals surface area contributed by atoms with Crippen LogP contribution in [0.2, 0.25) is 0 Å². The van der Waals surface area contributed by atoms with Crippen molar-refractivity contribution in [3.05, 3.63) is 24.3 Å². The quantitative estimate of drug-likeness (QED) is 0.0320. The summed E-state index contributed by atoms with van der Waals surface area (Å²) in [5.41, 5.74) is 0. The van der Waals surface area contributed by atoms with Crippen molar-refractivity contribution >= 4 is 11.9 Å². The van der Waals surface area contributed by atoms with Crippen LogP contribution in [0.15, 0.2) is 24.3 Å². The number of carbonyl (C=O) groups is 2. The smallest absolute Gasteiger partial charge is 0.305 e. The highest BCUT2D eigenvalue weighted by molar-refractivity contribution is 5.76. The molecule has 0 aliphatic rings. The highest BCUT2D eigenvalue weighted by Gasteiger charge is 2.18. The Morgan fingerprint density at radius 1 is 0.351 bits per heavy atom. The number of aliphatic hydroxyl groups is 2. The first-order chi connectivity index (χ1) is 38.0. The van der Waals surface area contributed by atoms with Gasteiger partial charge >= 0.3 is 5.97 Å². The lowest BCUT2D eigenvalue weighted by Crippen LogP contribution is -2.45. The van der Waals surface area contributed by atoms with Gasteiger partial charge in [-0.05, 0) is 57.8 Å². The van der Waals surface area contributed by atoms with Crippen LogP contribution >= 0.6 is 0 Å². The maximum absolute atomic E-state index is 12.5. The van der Waals surface area contributed by atoms with E-state index in [2.05, 4.69) is 31.3 Å². The van der Waals surface area contributed by atoms with Crippen molar-refractivity contribution in [1.82, 2.24) is 5.32 Å². The van der Waals surface area contributed by atoms with Crippen molar-refractivity contribution in [2.24, 2.45) is 0 Å². The second-order valence-electron chi connectivity index (χ2n) is 24.2. The average Bonchev–Trinajstić information content (AvgIpc) is 3.43. The first kappa shape index (κ1) is 75.3. The minimum Gasteiger partial charge on any atom is -0.466 e. The van der Waals surface area contributed by atoms with E-state index in [0.29, 0.717) is 19.4 Å². The Morgan fingerprint density at radius 3 is 0.948 bits per heavy atom. The van der Waals surface area contributed by atoms with Crippen LogP contribution in [-0.2, 0) is 14.3 Å². The number of aliphatic hydroxyl groups excluding tert-OH is 2. The summed E-state index contributed by atoms with van der Waals surface area (Å²) in [6.45, 7) is 4.91. The molecule has 6 nitrogen and oxygen atoms in total. The summed E-state index contributed by atoms with van der Waals surface area (Å²) in [7, 11) is 0. The molecule has 0 spiro atoms. The monoisotopic (exact) mass is 1080 g/mol. The Hall–Kier alpha value is -1.66. The molecule has 2 atom stereocenters. The van der Waals surface area contributed by atoms with Gasteiger partial charge in [0.05, 0.1) is 25.4 Å². The molecule has 456 valence electrons. The SMILES string of the molecule is CCCCC/C=C\CCCCCCCC(=O)OCCCCCCCCCCCCCCCCCCCCCCCCCC(=O)NC(CO)C(O)/C=C/CCCCCCCCCCCCCCCCCCCCCCCCC. The molecule has 0 aromatic heterocycles. The minimum atomic E-state index is -0.846. The lowest BCUT2D eigenvalue weighted by molar-refractivity contribution is -0.143. The Bertz CT molecular complexity index is 1200. The van der Waals surface area contributed by atoms with Gasteiger partial charge in [0.15, 0.2) is 0 Å². The van der Waals surface area contributed by atoms with Crippen molar-refractivity contribution in [3.63, 3.8) is 0 Å². The van der Waals surface area contributed by atoms with Gasteiger partial charge in [0, 0.05) is 12.8 Å². The first-order valence-corrected chi connectivity index (χ1v) is 35.1. The maximum atomic E-state index is 12.5. The van der Waals surface area contributed by atoms with Crippen molar-refractivity contribution in [2.75, 3.05) is 13.2 Å². The molecule has 0 aromatic carbocycles. The van der Waals surface area contributed by atoms with E-state index in [9.17, 15) is 19.8 Å². The van der Waals surface area contributed by atoms with Gasteiger partial charge in [0.25, 0.3) is 0 Å². The van der Waals surface area contributed by atoms with E-state index in [4.69, 9.17) is 4.74 Å². The number of nitrogens with one attached hydrogen (secondary N) is 1. The van der Waals surface area contributed by atoms with Crippen LogP contribution < -0.4 is 5.32 Å². The fourth-order valence-electron chi connectivity index (χ4n) is 11.1. The number of hydrogen-bond donors (Lipinski definition) is 3. The largest absolute Gasteiger partial charge is 0.466 e. The second-order valence-corrected chi connectivity index (χ2v) is 24.2. The molecule has 0 heterocycles. The van der Waals surface area contributed by atoms with E-state index >= 15 is 0 Å². The second kappa shape index (κ2) is 66.8. The average molecular weight is 1080 g/mol. The molecule has 0 aromatic rings. The maximum Gasteiger partial charge on any atom is 0.305 e. The van der Waals surface area contributed by atoms with Crippen LogP contribution in [0.3, 0.4) is 0 Å². The van der Waals surface area contributed by atoms with E-state index in [1.165, 1.54) is 321 Å². The zero-order valence-corrected chi connectivity index (χ0v) is 52.2. The molecule has 0 fully saturated rings. The van der Waals surface area contributed by atoms with Gasteiger partial charge in [0.2, 0.25) is 5.91 Å². The highest BCUT2D eigenvalue weighted by Crippen LogP contribution is 2.19. The number of hydrogen-bond acceptors (Lipinski definition) is 5. The summed E-state index contributed by atoms with van der Waals surface area (Å²) in [4.78, 5) is 24.6. The van der Waals surface area contributed by atoms with Gasteiger partial charge in [-0.1, -0.05) is 346 Å². The third-order valence-electron chi connectivity index (χ3n) is 16.5. The molecule has 0 bridgehead atoms. The van der Waals surface area contributed by atoms with Crippen LogP contribution in [0.4, 0.5) is 0 Å². The van der Waals surface area contributed by atoms with Gasteiger partial charge in [-0.3, -0.25) is 9.59 Å². The normalized spacial score (nSPS) is 12.6. The fourth-order valence-corrected chi connectivity index (χ4v) is 11.1. The van der Waals surface area contributed by atoms with Gasteiger partial charge in [-0.15, -0.1) is 0 Å². The van der Waals surface area contributed by atoms with Crippen LogP contribution in [0, 0.1) is 0 Å². The molecule has 2 unspecified atom stereocenters. The van der Waals surface area contributed by atoms with Crippen molar-refractivity contribution in [3.8, 4) is 0 Å². The number of rotatable bonds is 66. The molecule has 1 amide bonds. The summed E-state index contributed by atoms with van der Waals surface area (Å²) in [5, 5.41) is 23.3. The predicted octanol–water partition coefficient (Wildman–Crippen LogP) is 22.5. The Balaban J connectivity index is 3.41. The third-order valence-corrected chi connectivity index (χ3v) is 16.5. The molecule has 0 rings (SSSR count). The summed E-state index contributed by atoms with van der Waals surface area (Å²) >= 11 is 0. The molecule has 0 saturated carbocycles. The van der Waals surface area contributed by atoms with Crippen LogP contribution in [0.25, 0.3) is 0 Å². The van der Waals surface area contributed by atoms with Crippen LogP contribution in [0.5, 0.6) is 0 Å². The molecular formula is C71H137NO5. The molecule has 0 saturated heterocycles. The standard InChI is InChI=1S/C71H137NO5/c1-3-5-7-9-11-13-15-17-18-19-20-21-22-23-25-28-31-34-37-40-43-47-51-55-59-63-69(74)68(67-73)72-70(75)64-60-56-52-48-44-41-38-35-32-29-26-24-27-30-33-36-39-42-46-50-54-58-62-66-77-71(76)65-61-57-53-49-45-16-14-12-10-8-6-4-2/h12,14,59,63,68-69,73-74H,3-11,13,15-58,60-62,64-67H2,1-2H3,(H,72,75)/b14-12-,63-59+. The van der Waals surface area contributed by atoms with Gasteiger partial charge < -0.3 is 20.3 Å². The summed E-state index contributed by atoms with van der Waals surface area (Å²) < 4.78 is 5.47. The number of ether oxygens (including phenoxy) is 1. The van der Waals surface area contributed by atoms with E-state index in [1.807, 2.05) is 6.08 Å². The van der Waals surface area contributed by atoms with E-state index in [1.54, 1.807) is 6.08 Å². The number of allylic oxidation sites excluding steroid dienone is 3. The number of unbranched alkanes of at least 4 members (excludes halogenated alkanes) is 53. The van der Waals surface area contributed by atoms with Crippen LogP contribution in [0.1, 0.15) is 393 Å². The molecule has 0 aliphatic carbocycles. The Kier molecular flexibility index (Phi) is 65.4. The summed E-state index contributed by atoms with van der Waals surface area (Å²) in [6.07, 6.45) is 84.0. The van der Waals surface area contributed by atoms with E-state index in [0.717, 1.165) is 44.9 Å². The van der Waals surface area contributed by atoms with Crippen molar-refractivity contribution < 1.29 is 24.5 Å². The topological polar surface area (TPSA) is 95.9 Å². The number of esters is 1. The molecule has 77 heavy (non-hydrogen) atoms. The van der Waals surface area contributed by atoms with Gasteiger partial charge in [-0.2, -0.15) is 0 Å². The zero-order chi connectivity index (χ0) is 55.7. The molecular weight excluding hydrogens is 947 g/mol. The zero-order valence-electron chi connectivity index (χ0n) is 52.2. The number of carbonyl (C=O) groups excluding carboxylic acids is 2. The van der Waals surface area contributed by atoms with Gasteiger partial charge in [0.1, 0.15) is 0 Å². The van der Waals surface area contributed by atoms with Crippen molar-refractivity contribution in [1.29, 1.82) is 0 Å². The molecule has 0 aliphatic heterocycles. The molecule has 6 heteroatoms. The Morgan fingerprint density at radius 2 is 0.610 bits per heavy atom. The molecule has 3 N–H and O–H groups in total. The molecule has 0 radical (unpaired) electrons. The van der Waals surface area contributed by atoms with E-state index in [-0.39, 0.29) is 18.5 Å². The van der Waals surface area contributed by atoms with Gasteiger partial charge in [-0.25, -0.2) is 0 Å². The number of amides is 1. The van der Waals surface area contributed by atoms with Crippen LogP contribution in [-0.4, -0.2) is 47.4 Å². The highest BCUT2D eigenvalue weighted by atomic mass is 16.5. The summed E-state index contributed by atoms with van der Waals surface area (Å²) in [6, 6.07) is -0.629. The summed E-state index contributed by atoms with van der Waals surface area (Å²) in [5.74, 6) is -0.0584. The lowest BCUT2D eigenvalue weighted by Gasteiger charge is -2.20. The predicted molar refractivity (Wildman–Crippen MR) is 338 cm³/mol. The first-order valence-electron chi connectivity index (χ1n) is 35.1. The minimum absolute atomic E-state index is 0.00455. The third kappa shape index (κ3) is 63.4.